The first-order chi connectivity index (χ1) is 8.57. The molecule has 1 unspecified atom stereocenters. The highest BCUT2D eigenvalue weighted by Crippen LogP contribution is 2.21. The number of nitrogens with zero attached hydrogens (tertiary/aromatic N) is 2. The van der Waals surface area contributed by atoms with E-state index in [0.29, 0.717) is 6.54 Å². The Kier molecular flexibility index (Phi) is 3.61. The second-order valence-electron chi connectivity index (χ2n) is 3.90. The number of rotatable bonds is 2. The summed E-state index contributed by atoms with van der Waals surface area (Å²) in [7, 11) is -3.96. The van der Waals surface area contributed by atoms with Crippen LogP contribution in [0.3, 0.4) is 0 Å². The number of hydrogen-bond acceptors (Lipinski definition) is 4. The lowest BCUT2D eigenvalue weighted by atomic mass is 10.3. The molecule has 1 saturated heterocycles. The lowest BCUT2D eigenvalue weighted by Gasteiger charge is -2.30. The van der Waals surface area contributed by atoms with E-state index < -0.39 is 21.9 Å². The lowest BCUT2D eigenvalue weighted by Crippen LogP contribution is -2.52. The van der Waals surface area contributed by atoms with Gasteiger partial charge in [0, 0.05) is 19.6 Å². The van der Waals surface area contributed by atoms with Crippen molar-refractivity contribution in [1.82, 2.24) is 9.62 Å². The minimum absolute atomic E-state index is 0.162. The van der Waals surface area contributed by atoms with E-state index in [9.17, 15) is 12.8 Å². The van der Waals surface area contributed by atoms with Crippen molar-refractivity contribution in [2.75, 3.05) is 19.6 Å². The molecule has 2 rings (SSSR count). The summed E-state index contributed by atoms with van der Waals surface area (Å²) < 4.78 is 39.2. The first-order valence-electron chi connectivity index (χ1n) is 5.44. The van der Waals surface area contributed by atoms with E-state index in [1.807, 2.05) is 6.07 Å². The van der Waals surface area contributed by atoms with Crippen LogP contribution in [0.15, 0.2) is 29.2 Å². The number of sulfonamides is 1. The predicted octanol–water partition coefficient (Wildman–Crippen LogP) is 0.312. The minimum atomic E-state index is -3.96. The largest absolute Gasteiger partial charge is 0.313 e. The summed E-state index contributed by atoms with van der Waals surface area (Å²) in [6.07, 6.45) is 0. The smallest absolute Gasteiger partial charge is 0.247 e. The number of halogens is 1. The van der Waals surface area contributed by atoms with Gasteiger partial charge in [0.2, 0.25) is 10.0 Å². The number of nitriles is 1. The van der Waals surface area contributed by atoms with E-state index in [0.717, 1.165) is 10.4 Å². The normalized spacial score (nSPS) is 21.4. The quantitative estimate of drug-likeness (QED) is 0.838. The van der Waals surface area contributed by atoms with Crippen LogP contribution in [-0.4, -0.2) is 38.4 Å². The van der Waals surface area contributed by atoms with Gasteiger partial charge in [-0.3, -0.25) is 0 Å². The summed E-state index contributed by atoms with van der Waals surface area (Å²) in [5.41, 5.74) is 0. The third kappa shape index (κ3) is 2.22. The monoisotopic (exact) mass is 269 g/mol. The fraction of sp³-hybridized carbons (Fsp3) is 0.364. The van der Waals surface area contributed by atoms with Gasteiger partial charge in [0.15, 0.2) is 0 Å². The maximum atomic E-state index is 13.6. The molecule has 0 bridgehead atoms. The number of hydrogen-bond donors (Lipinski definition) is 1. The molecule has 0 spiro atoms. The Bertz CT molecular complexity index is 582. The Morgan fingerprint density at radius 2 is 2.17 bits per heavy atom. The van der Waals surface area contributed by atoms with Crippen LogP contribution in [0.5, 0.6) is 0 Å². The Balaban J connectivity index is 2.43. The van der Waals surface area contributed by atoms with E-state index in [1.165, 1.54) is 18.2 Å². The molecule has 0 aliphatic carbocycles. The van der Waals surface area contributed by atoms with Gasteiger partial charge in [-0.15, -0.1) is 0 Å². The van der Waals surface area contributed by atoms with Gasteiger partial charge in [-0.2, -0.15) is 9.57 Å². The average Bonchev–Trinajstić information content (AvgIpc) is 2.39. The zero-order valence-electron chi connectivity index (χ0n) is 9.51. The van der Waals surface area contributed by atoms with Crippen molar-refractivity contribution in [2.24, 2.45) is 0 Å². The molecule has 0 radical (unpaired) electrons. The number of benzene rings is 1. The first kappa shape index (κ1) is 13.0. The fourth-order valence-electron chi connectivity index (χ4n) is 1.86. The molecule has 1 fully saturated rings. The third-order valence-electron chi connectivity index (χ3n) is 2.77. The van der Waals surface area contributed by atoms with Gasteiger partial charge in [0.1, 0.15) is 16.8 Å². The van der Waals surface area contributed by atoms with E-state index in [2.05, 4.69) is 5.32 Å². The van der Waals surface area contributed by atoms with Crippen molar-refractivity contribution in [3.8, 4) is 6.07 Å². The zero-order chi connectivity index (χ0) is 13.2. The Morgan fingerprint density at radius 1 is 1.44 bits per heavy atom. The molecule has 7 heteroatoms. The maximum Gasteiger partial charge on any atom is 0.247 e. The summed E-state index contributed by atoms with van der Waals surface area (Å²) >= 11 is 0. The molecule has 18 heavy (non-hydrogen) atoms. The Hall–Kier alpha value is -1.49. The molecule has 1 aromatic rings. The van der Waals surface area contributed by atoms with Crippen LogP contribution in [0.1, 0.15) is 0 Å². The van der Waals surface area contributed by atoms with Gasteiger partial charge in [0.25, 0.3) is 0 Å². The van der Waals surface area contributed by atoms with Crippen LogP contribution in [-0.2, 0) is 10.0 Å². The fourth-order valence-corrected chi connectivity index (χ4v) is 3.47. The molecule has 0 amide bonds. The molecular weight excluding hydrogens is 257 g/mol. The SMILES string of the molecule is N#CC1CNCCN1S(=O)(=O)c1ccccc1F. The summed E-state index contributed by atoms with van der Waals surface area (Å²) in [5, 5.41) is 11.9. The topological polar surface area (TPSA) is 73.2 Å². The Labute approximate surface area is 105 Å². The highest BCUT2D eigenvalue weighted by atomic mass is 32.2. The van der Waals surface area contributed by atoms with Crippen molar-refractivity contribution in [3.05, 3.63) is 30.1 Å². The molecule has 0 aromatic heterocycles. The highest BCUT2D eigenvalue weighted by Gasteiger charge is 2.34. The third-order valence-corrected chi connectivity index (χ3v) is 4.71. The van der Waals surface area contributed by atoms with E-state index in [4.69, 9.17) is 5.26 Å². The van der Waals surface area contributed by atoms with Crippen LogP contribution < -0.4 is 5.32 Å². The molecule has 5 nitrogen and oxygen atoms in total. The first-order valence-corrected chi connectivity index (χ1v) is 6.88. The molecule has 96 valence electrons. The molecule has 1 atom stereocenters. The molecule has 1 heterocycles. The number of piperazine rings is 1. The molecule has 0 saturated carbocycles. The van der Waals surface area contributed by atoms with Gasteiger partial charge in [-0.1, -0.05) is 12.1 Å². The molecular formula is C11H12FN3O2S. The molecule has 1 aliphatic rings. The van der Waals surface area contributed by atoms with Crippen molar-refractivity contribution in [1.29, 1.82) is 5.26 Å². The van der Waals surface area contributed by atoms with Gasteiger partial charge in [-0.05, 0) is 12.1 Å². The highest BCUT2D eigenvalue weighted by molar-refractivity contribution is 7.89. The standard InChI is InChI=1S/C11H12FN3O2S/c12-10-3-1-2-4-11(10)18(16,17)15-6-5-14-8-9(15)7-13/h1-4,9,14H,5-6,8H2. The van der Waals surface area contributed by atoms with Crippen LogP contribution >= 0.6 is 0 Å². The van der Waals surface area contributed by atoms with E-state index in [-0.39, 0.29) is 18.0 Å². The van der Waals surface area contributed by atoms with Crippen molar-refractivity contribution in [2.45, 2.75) is 10.9 Å². The zero-order valence-corrected chi connectivity index (χ0v) is 10.3. The van der Waals surface area contributed by atoms with E-state index >= 15 is 0 Å². The van der Waals surface area contributed by atoms with Crippen LogP contribution in [0.25, 0.3) is 0 Å². The van der Waals surface area contributed by atoms with Crippen LogP contribution in [0.4, 0.5) is 4.39 Å². The van der Waals surface area contributed by atoms with Gasteiger partial charge < -0.3 is 5.32 Å². The second kappa shape index (κ2) is 5.02. The summed E-state index contributed by atoms with van der Waals surface area (Å²) in [5.74, 6) is -0.798. The predicted molar refractivity (Wildman–Crippen MR) is 62.6 cm³/mol. The van der Waals surface area contributed by atoms with Crippen molar-refractivity contribution >= 4 is 10.0 Å². The van der Waals surface area contributed by atoms with Crippen molar-refractivity contribution in [3.63, 3.8) is 0 Å². The number of nitrogens with one attached hydrogen (secondary N) is 1. The van der Waals surface area contributed by atoms with Crippen LogP contribution in [0, 0.1) is 17.1 Å². The van der Waals surface area contributed by atoms with E-state index in [1.54, 1.807) is 0 Å². The molecule has 1 aliphatic heterocycles. The van der Waals surface area contributed by atoms with Gasteiger partial charge in [-0.25, -0.2) is 12.8 Å². The maximum absolute atomic E-state index is 13.6. The van der Waals surface area contributed by atoms with Gasteiger partial charge >= 0.3 is 0 Å². The average molecular weight is 269 g/mol. The summed E-state index contributed by atoms with van der Waals surface area (Å²) in [4.78, 5) is -0.382. The van der Waals surface area contributed by atoms with Gasteiger partial charge in [0.05, 0.1) is 6.07 Å². The minimum Gasteiger partial charge on any atom is -0.313 e. The Morgan fingerprint density at radius 3 is 2.83 bits per heavy atom. The molecule has 1 aromatic carbocycles. The molecule has 1 N–H and O–H groups in total. The summed E-state index contributed by atoms with van der Waals surface area (Å²) in [6, 6.07) is 6.29. The summed E-state index contributed by atoms with van der Waals surface area (Å²) in [6.45, 7) is 0.866. The second-order valence-corrected chi connectivity index (χ2v) is 5.75. The van der Waals surface area contributed by atoms with Crippen molar-refractivity contribution < 1.29 is 12.8 Å². The van der Waals surface area contributed by atoms with Crippen LogP contribution in [0.2, 0.25) is 0 Å². The lowest BCUT2D eigenvalue weighted by molar-refractivity contribution is 0.310.